The summed E-state index contributed by atoms with van der Waals surface area (Å²) in [5, 5.41) is 0.392. The zero-order chi connectivity index (χ0) is 19.8. The first-order chi connectivity index (χ1) is 12.7. The SMILES string of the molecule is COc1cc(-c2cc(F)c(F)cc2-c2ccc(S(C)(=O)=O)cc2)ccc1Cl. The first-order valence-electron chi connectivity index (χ1n) is 7.84. The highest BCUT2D eigenvalue weighted by Crippen LogP contribution is 2.37. The second-order valence-corrected chi connectivity index (χ2v) is 8.38. The van der Waals surface area contributed by atoms with Crippen molar-refractivity contribution < 1.29 is 21.9 Å². The first kappa shape index (κ1) is 19.3. The second kappa shape index (κ2) is 7.29. The number of benzene rings is 3. The van der Waals surface area contributed by atoms with Gasteiger partial charge >= 0.3 is 0 Å². The number of halogens is 3. The molecule has 0 aliphatic heterocycles. The summed E-state index contributed by atoms with van der Waals surface area (Å²) >= 11 is 6.04. The van der Waals surface area contributed by atoms with Gasteiger partial charge in [0, 0.05) is 6.26 Å². The lowest BCUT2D eigenvalue weighted by Crippen LogP contribution is -1.97. The zero-order valence-electron chi connectivity index (χ0n) is 14.5. The molecule has 0 saturated heterocycles. The predicted molar refractivity (Wildman–Crippen MR) is 102 cm³/mol. The van der Waals surface area contributed by atoms with Crippen LogP contribution >= 0.6 is 11.6 Å². The number of hydrogen-bond donors (Lipinski definition) is 0. The summed E-state index contributed by atoms with van der Waals surface area (Å²) in [5.41, 5.74) is 1.97. The molecule has 0 heterocycles. The van der Waals surface area contributed by atoms with E-state index >= 15 is 0 Å². The third-order valence-corrected chi connectivity index (χ3v) is 5.56. The predicted octanol–water partition coefficient (Wildman–Crippen LogP) is 5.36. The van der Waals surface area contributed by atoms with Crippen LogP contribution in [-0.2, 0) is 9.84 Å². The maximum absolute atomic E-state index is 13.9. The maximum atomic E-state index is 13.9. The van der Waals surface area contributed by atoms with Gasteiger partial charge in [-0.25, -0.2) is 17.2 Å². The van der Waals surface area contributed by atoms with Crippen LogP contribution in [0.1, 0.15) is 0 Å². The standard InChI is InChI=1S/C20H15ClF2O3S/c1-26-20-9-13(5-8-17(20)21)16-11-19(23)18(22)10-15(16)12-3-6-14(7-4-12)27(2,24)25/h3-11H,1-2H3. The highest BCUT2D eigenvalue weighted by molar-refractivity contribution is 7.90. The topological polar surface area (TPSA) is 43.4 Å². The van der Waals surface area contributed by atoms with E-state index in [1.165, 1.54) is 19.2 Å². The molecule has 0 bridgehead atoms. The lowest BCUT2D eigenvalue weighted by molar-refractivity contribution is 0.415. The average Bonchev–Trinajstić information content (AvgIpc) is 2.63. The molecule has 3 aromatic rings. The summed E-state index contributed by atoms with van der Waals surface area (Å²) in [5.74, 6) is -1.59. The van der Waals surface area contributed by atoms with E-state index in [1.54, 1.807) is 30.3 Å². The minimum Gasteiger partial charge on any atom is -0.495 e. The average molecular weight is 409 g/mol. The third-order valence-electron chi connectivity index (χ3n) is 4.12. The van der Waals surface area contributed by atoms with E-state index in [0.29, 0.717) is 33.0 Å². The van der Waals surface area contributed by atoms with Gasteiger partial charge in [0.2, 0.25) is 0 Å². The molecule has 140 valence electrons. The number of ether oxygens (including phenoxy) is 1. The number of sulfone groups is 1. The van der Waals surface area contributed by atoms with Crippen LogP contribution in [0, 0.1) is 11.6 Å². The molecule has 0 amide bonds. The number of rotatable bonds is 4. The Morgan fingerprint density at radius 2 is 1.37 bits per heavy atom. The summed E-state index contributed by atoms with van der Waals surface area (Å²) in [6.07, 6.45) is 1.10. The Kier molecular flexibility index (Phi) is 5.22. The van der Waals surface area contributed by atoms with Crippen LogP contribution in [0.3, 0.4) is 0 Å². The molecule has 3 nitrogen and oxygen atoms in total. The minimum atomic E-state index is -3.36. The van der Waals surface area contributed by atoms with Gasteiger partial charge in [0.25, 0.3) is 0 Å². The highest BCUT2D eigenvalue weighted by atomic mass is 35.5. The summed E-state index contributed by atoms with van der Waals surface area (Å²) < 4.78 is 56.3. The van der Waals surface area contributed by atoms with E-state index in [-0.39, 0.29) is 4.90 Å². The molecule has 0 saturated carbocycles. The van der Waals surface area contributed by atoms with E-state index in [2.05, 4.69) is 0 Å². The second-order valence-electron chi connectivity index (χ2n) is 5.96. The summed E-state index contributed by atoms with van der Waals surface area (Å²) in [6, 6.07) is 13.1. The molecule has 7 heteroatoms. The van der Waals surface area contributed by atoms with Gasteiger partial charge in [0.05, 0.1) is 17.0 Å². The van der Waals surface area contributed by atoms with Crippen LogP contribution in [0.5, 0.6) is 5.75 Å². The van der Waals surface area contributed by atoms with Crippen molar-refractivity contribution in [2.75, 3.05) is 13.4 Å². The van der Waals surface area contributed by atoms with Crippen LogP contribution in [-0.4, -0.2) is 21.8 Å². The first-order valence-corrected chi connectivity index (χ1v) is 10.1. The van der Waals surface area contributed by atoms with Gasteiger partial charge in [-0.2, -0.15) is 0 Å². The normalized spacial score (nSPS) is 11.4. The van der Waals surface area contributed by atoms with Gasteiger partial charge in [-0.3, -0.25) is 0 Å². The number of methoxy groups -OCH3 is 1. The molecular weight excluding hydrogens is 394 g/mol. The van der Waals surface area contributed by atoms with Gasteiger partial charge in [0.1, 0.15) is 5.75 Å². The van der Waals surface area contributed by atoms with Crippen LogP contribution in [0.4, 0.5) is 8.78 Å². The van der Waals surface area contributed by atoms with Crippen molar-refractivity contribution in [3.8, 4) is 28.0 Å². The van der Waals surface area contributed by atoms with Gasteiger partial charge in [0.15, 0.2) is 21.5 Å². The van der Waals surface area contributed by atoms with E-state index in [9.17, 15) is 17.2 Å². The van der Waals surface area contributed by atoms with Gasteiger partial charge in [-0.1, -0.05) is 29.8 Å². The van der Waals surface area contributed by atoms with Crippen LogP contribution in [0.15, 0.2) is 59.5 Å². The van der Waals surface area contributed by atoms with Gasteiger partial charge in [-0.05, 0) is 58.7 Å². The van der Waals surface area contributed by atoms with Crippen molar-refractivity contribution in [1.82, 2.24) is 0 Å². The molecule has 0 spiro atoms. The minimum absolute atomic E-state index is 0.142. The molecule has 0 fully saturated rings. The Labute approximate surface area is 161 Å². The van der Waals surface area contributed by atoms with Crippen molar-refractivity contribution in [3.63, 3.8) is 0 Å². The molecule has 0 aromatic heterocycles. The monoisotopic (exact) mass is 408 g/mol. The Hall–Kier alpha value is -2.44. The molecule has 0 N–H and O–H groups in total. The molecule has 3 aromatic carbocycles. The highest BCUT2D eigenvalue weighted by Gasteiger charge is 2.16. The van der Waals surface area contributed by atoms with Crippen molar-refractivity contribution in [2.24, 2.45) is 0 Å². The Bertz CT molecular complexity index is 1110. The van der Waals surface area contributed by atoms with E-state index in [4.69, 9.17) is 16.3 Å². The molecule has 0 radical (unpaired) electrons. The smallest absolute Gasteiger partial charge is 0.175 e. The molecule has 0 aliphatic carbocycles. The molecular formula is C20H15ClF2O3S. The Morgan fingerprint density at radius 3 is 1.89 bits per heavy atom. The largest absolute Gasteiger partial charge is 0.495 e. The van der Waals surface area contributed by atoms with E-state index in [0.717, 1.165) is 18.4 Å². The molecule has 0 unspecified atom stereocenters. The van der Waals surface area contributed by atoms with Gasteiger partial charge in [-0.15, -0.1) is 0 Å². The fourth-order valence-electron chi connectivity index (χ4n) is 2.73. The molecule has 0 atom stereocenters. The van der Waals surface area contributed by atoms with Crippen molar-refractivity contribution in [2.45, 2.75) is 4.90 Å². The van der Waals surface area contributed by atoms with E-state index < -0.39 is 21.5 Å². The molecule has 0 aliphatic rings. The molecule has 3 rings (SSSR count). The van der Waals surface area contributed by atoms with Crippen molar-refractivity contribution >= 4 is 21.4 Å². The van der Waals surface area contributed by atoms with Crippen molar-refractivity contribution in [3.05, 3.63) is 71.3 Å². The Morgan fingerprint density at radius 1 is 0.852 bits per heavy atom. The summed E-state index contributed by atoms with van der Waals surface area (Å²) in [7, 11) is -1.90. The lowest BCUT2D eigenvalue weighted by Gasteiger charge is -2.13. The Balaban J connectivity index is 2.20. The maximum Gasteiger partial charge on any atom is 0.175 e. The zero-order valence-corrected chi connectivity index (χ0v) is 16.0. The quantitative estimate of drug-likeness (QED) is 0.583. The molecule has 27 heavy (non-hydrogen) atoms. The summed E-state index contributed by atoms with van der Waals surface area (Å²) in [4.78, 5) is 0.142. The fourth-order valence-corrected chi connectivity index (χ4v) is 3.56. The van der Waals surface area contributed by atoms with E-state index in [1.807, 2.05) is 0 Å². The van der Waals surface area contributed by atoms with Crippen molar-refractivity contribution in [1.29, 1.82) is 0 Å². The van der Waals surface area contributed by atoms with Crippen LogP contribution < -0.4 is 4.74 Å². The lowest BCUT2D eigenvalue weighted by atomic mass is 9.94. The van der Waals surface area contributed by atoms with Crippen LogP contribution in [0.2, 0.25) is 5.02 Å². The third kappa shape index (κ3) is 3.96. The van der Waals surface area contributed by atoms with Crippen LogP contribution in [0.25, 0.3) is 22.3 Å². The van der Waals surface area contributed by atoms with Gasteiger partial charge < -0.3 is 4.74 Å². The summed E-state index contributed by atoms with van der Waals surface area (Å²) in [6.45, 7) is 0. The number of hydrogen-bond acceptors (Lipinski definition) is 3. The fraction of sp³-hybridized carbons (Fsp3) is 0.100.